The second-order valence-electron chi connectivity index (χ2n) is 10.7. The molecule has 0 aromatic heterocycles. The fourth-order valence-electron chi connectivity index (χ4n) is 3.98. The molecule has 1 aromatic carbocycles. The second-order valence-corrected chi connectivity index (χ2v) is 10.7. The van der Waals surface area contributed by atoms with E-state index < -0.39 is 36.5 Å². The lowest BCUT2D eigenvalue weighted by atomic mass is 10.1. The van der Waals surface area contributed by atoms with Crippen LogP contribution in [-0.2, 0) is 35.0 Å². The largest absolute Gasteiger partial charge is 0.514 e. The van der Waals surface area contributed by atoms with Crippen LogP contribution in [0.4, 0.5) is 9.59 Å². The lowest BCUT2D eigenvalue weighted by Crippen LogP contribution is -2.40. The highest BCUT2D eigenvalue weighted by Crippen LogP contribution is 2.30. The third-order valence-electron chi connectivity index (χ3n) is 6.53. The van der Waals surface area contributed by atoms with Gasteiger partial charge >= 0.3 is 24.2 Å². The summed E-state index contributed by atoms with van der Waals surface area (Å²) in [5.41, 5.74) is 6.62. The third kappa shape index (κ3) is 13.5. The van der Waals surface area contributed by atoms with Crippen LogP contribution in [0.5, 0.6) is 11.5 Å². The molecule has 6 atom stereocenters. The summed E-state index contributed by atoms with van der Waals surface area (Å²) in [7, 11) is 0. The number of rotatable bonds is 17. The molecule has 11 nitrogen and oxygen atoms in total. The maximum Gasteiger partial charge on any atom is 0.514 e. The van der Waals surface area contributed by atoms with Crippen molar-refractivity contribution in [3.63, 3.8) is 0 Å². The van der Waals surface area contributed by atoms with Crippen LogP contribution in [0.1, 0.15) is 99.5 Å². The molecule has 0 heterocycles. The van der Waals surface area contributed by atoms with Crippen LogP contribution in [0.15, 0.2) is 18.2 Å². The zero-order valence-electron chi connectivity index (χ0n) is 26.3. The first-order valence-corrected chi connectivity index (χ1v) is 14.9. The van der Waals surface area contributed by atoms with Gasteiger partial charge in [-0.2, -0.15) is 0 Å². The lowest BCUT2D eigenvalue weighted by molar-refractivity contribution is -0.168. The number of carbonyl (C=O) groups is 4. The molecule has 42 heavy (non-hydrogen) atoms. The van der Waals surface area contributed by atoms with Crippen LogP contribution < -0.4 is 15.2 Å². The SMILES string of the molecule is CCCC(C)OC(=O)Oc1ccc(C[C@H](N)C(=O)O[C@@H](C)[C@H](C)OC(=O)C(C)CCC)cc1OC(=O)OC(C)CCC. The maximum atomic E-state index is 12.7. The smallest absolute Gasteiger partial charge is 0.459 e. The molecule has 0 aliphatic carbocycles. The zero-order valence-corrected chi connectivity index (χ0v) is 26.3. The van der Waals surface area contributed by atoms with Crippen molar-refractivity contribution < 1.29 is 47.6 Å². The summed E-state index contributed by atoms with van der Waals surface area (Å²) >= 11 is 0. The molecule has 0 aliphatic heterocycles. The van der Waals surface area contributed by atoms with Gasteiger partial charge in [0.05, 0.1) is 5.92 Å². The average molecular weight is 596 g/mol. The molecular formula is C31H49NO10. The molecule has 238 valence electrons. The number of carbonyl (C=O) groups excluding carboxylic acids is 4. The van der Waals surface area contributed by atoms with Gasteiger partial charge in [0, 0.05) is 0 Å². The Morgan fingerprint density at radius 1 is 0.667 bits per heavy atom. The molecule has 1 rings (SSSR count). The topological polar surface area (TPSA) is 150 Å². The van der Waals surface area contributed by atoms with Crippen LogP contribution in [0, 0.1) is 5.92 Å². The molecule has 0 saturated heterocycles. The lowest BCUT2D eigenvalue weighted by Gasteiger charge is -2.23. The van der Waals surface area contributed by atoms with Gasteiger partial charge in [0.25, 0.3) is 0 Å². The van der Waals surface area contributed by atoms with E-state index in [4.69, 9.17) is 34.2 Å². The quantitative estimate of drug-likeness (QED) is 0.123. The molecule has 0 bridgehead atoms. The minimum Gasteiger partial charge on any atom is -0.459 e. The van der Waals surface area contributed by atoms with Gasteiger partial charge in [-0.05, 0) is 71.1 Å². The predicted octanol–water partition coefficient (Wildman–Crippen LogP) is 6.26. The van der Waals surface area contributed by atoms with Crippen molar-refractivity contribution in [2.45, 2.75) is 131 Å². The fraction of sp³-hybridized carbons (Fsp3) is 0.677. The minimum absolute atomic E-state index is 0.0170. The van der Waals surface area contributed by atoms with Gasteiger partial charge in [0.2, 0.25) is 0 Å². The molecule has 11 heteroatoms. The van der Waals surface area contributed by atoms with Crippen LogP contribution >= 0.6 is 0 Å². The Kier molecular flexibility index (Phi) is 16.6. The first-order valence-electron chi connectivity index (χ1n) is 14.9. The Morgan fingerprint density at radius 2 is 1.14 bits per heavy atom. The van der Waals surface area contributed by atoms with Crippen molar-refractivity contribution in [3.05, 3.63) is 23.8 Å². The molecule has 0 radical (unpaired) electrons. The molecular weight excluding hydrogens is 546 g/mol. The van der Waals surface area contributed by atoms with Crippen LogP contribution in [0.3, 0.4) is 0 Å². The van der Waals surface area contributed by atoms with Crippen molar-refractivity contribution >= 4 is 24.2 Å². The second kappa shape index (κ2) is 19.0. The molecule has 0 fully saturated rings. The summed E-state index contributed by atoms with van der Waals surface area (Å²) in [6.07, 6.45) is 0.463. The number of nitrogens with two attached hydrogens (primary N) is 1. The summed E-state index contributed by atoms with van der Waals surface area (Å²) in [4.78, 5) is 49.7. The molecule has 0 saturated carbocycles. The highest BCUT2D eigenvalue weighted by atomic mass is 16.7. The summed E-state index contributed by atoms with van der Waals surface area (Å²) < 4.78 is 32.1. The Balaban J connectivity index is 2.97. The predicted molar refractivity (Wildman–Crippen MR) is 156 cm³/mol. The summed E-state index contributed by atoms with van der Waals surface area (Å²) in [6.45, 7) is 14.5. The number of ether oxygens (including phenoxy) is 6. The Bertz CT molecular complexity index is 1010. The van der Waals surface area contributed by atoms with E-state index in [1.54, 1.807) is 40.7 Å². The Hall–Kier alpha value is -3.34. The fourth-order valence-corrected chi connectivity index (χ4v) is 3.98. The molecule has 0 amide bonds. The van der Waals surface area contributed by atoms with E-state index in [0.29, 0.717) is 24.8 Å². The van der Waals surface area contributed by atoms with E-state index in [1.165, 1.54) is 12.1 Å². The monoisotopic (exact) mass is 595 g/mol. The zero-order chi connectivity index (χ0) is 31.8. The number of hydrogen-bond donors (Lipinski definition) is 1. The van der Waals surface area contributed by atoms with Gasteiger partial charge in [-0.1, -0.05) is 53.0 Å². The van der Waals surface area contributed by atoms with Crippen molar-refractivity contribution in [2.24, 2.45) is 11.7 Å². The standard InChI is InChI=1S/C31H49NO10/c1-9-12-19(4)28(33)39-22(7)23(8)40-29(34)25(32)17-24-15-16-26(41-30(35)37-20(5)13-10-2)27(18-24)42-31(36)38-21(6)14-11-3/h15-16,18-23,25H,9-14,17,32H2,1-8H3/t19?,20?,21?,22-,23-,25-/m0/s1. The minimum atomic E-state index is -1.08. The van der Waals surface area contributed by atoms with Crippen molar-refractivity contribution in [2.75, 3.05) is 0 Å². The van der Waals surface area contributed by atoms with E-state index in [9.17, 15) is 19.2 Å². The Morgan fingerprint density at radius 3 is 1.64 bits per heavy atom. The number of benzene rings is 1. The first-order chi connectivity index (χ1) is 19.8. The molecule has 1 aromatic rings. The maximum absolute atomic E-state index is 12.7. The number of esters is 2. The number of hydrogen-bond acceptors (Lipinski definition) is 11. The van der Waals surface area contributed by atoms with Crippen molar-refractivity contribution in [1.29, 1.82) is 0 Å². The van der Waals surface area contributed by atoms with Gasteiger partial charge in [-0.25, -0.2) is 9.59 Å². The van der Waals surface area contributed by atoms with Gasteiger partial charge in [-0.3, -0.25) is 9.59 Å². The van der Waals surface area contributed by atoms with Crippen LogP contribution in [0.2, 0.25) is 0 Å². The van der Waals surface area contributed by atoms with Gasteiger partial charge < -0.3 is 34.2 Å². The van der Waals surface area contributed by atoms with E-state index in [0.717, 1.165) is 19.3 Å². The van der Waals surface area contributed by atoms with Crippen LogP contribution in [-0.4, -0.2) is 54.7 Å². The Labute approximate surface area is 249 Å². The molecule has 2 N–H and O–H groups in total. The third-order valence-corrected chi connectivity index (χ3v) is 6.53. The van der Waals surface area contributed by atoms with Gasteiger partial charge in [-0.15, -0.1) is 0 Å². The van der Waals surface area contributed by atoms with E-state index in [1.807, 2.05) is 20.8 Å². The average Bonchev–Trinajstić information content (AvgIpc) is 2.90. The molecule has 0 aliphatic rings. The summed E-state index contributed by atoms with van der Waals surface area (Å²) in [6, 6.07) is 3.34. The normalized spacial score (nSPS) is 15.3. The van der Waals surface area contributed by atoms with E-state index in [-0.39, 0.29) is 42.0 Å². The van der Waals surface area contributed by atoms with Crippen LogP contribution in [0.25, 0.3) is 0 Å². The van der Waals surface area contributed by atoms with E-state index >= 15 is 0 Å². The van der Waals surface area contributed by atoms with Crippen molar-refractivity contribution in [1.82, 2.24) is 0 Å². The molecule has 0 spiro atoms. The van der Waals surface area contributed by atoms with E-state index in [2.05, 4.69) is 0 Å². The van der Waals surface area contributed by atoms with Crippen molar-refractivity contribution in [3.8, 4) is 11.5 Å². The molecule has 3 unspecified atom stereocenters. The summed E-state index contributed by atoms with van der Waals surface area (Å²) in [5, 5.41) is 0. The van der Waals surface area contributed by atoms with Gasteiger partial charge in [0.1, 0.15) is 30.5 Å². The van der Waals surface area contributed by atoms with Gasteiger partial charge in [0.15, 0.2) is 11.5 Å². The first kappa shape index (κ1) is 36.7. The highest BCUT2D eigenvalue weighted by molar-refractivity contribution is 5.76. The summed E-state index contributed by atoms with van der Waals surface area (Å²) in [5.74, 6) is -1.46. The highest BCUT2D eigenvalue weighted by Gasteiger charge is 2.26.